The van der Waals surface area contributed by atoms with Gasteiger partial charge in [-0.3, -0.25) is 19.7 Å². The number of piperidine rings is 1. The molecule has 0 bridgehead atoms. The Bertz CT molecular complexity index is 1250. The van der Waals surface area contributed by atoms with E-state index >= 15 is 0 Å². The van der Waals surface area contributed by atoms with Crippen molar-refractivity contribution < 1.29 is 14.4 Å². The van der Waals surface area contributed by atoms with Crippen LogP contribution in [0, 0.1) is 5.92 Å². The number of rotatable bonds is 5. The molecule has 2 aromatic carbocycles. The topological polar surface area (TPSA) is 84.3 Å². The van der Waals surface area contributed by atoms with E-state index in [1.807, 2.05) is 42.7 Å². The van der Waals surface area contributed by atoms with Crippen molar-refractivity contribution in [3.8, 4) is 22.5 Å². The van der Waals surface area contributed by atoms with Crippen LogP contribution < -0.4 is 5.32 Å². The Hall–Kier alpha value is -3.74. The van der Waals surface area contributed by atoms with E-state index in [0.717, 1.165) is 34.6 Å². The maximum atomic E-state index is 13.0. The quantitative estimate of drug-likeness (QED) is 0.612. The van der Waals surface area contributed by atoms with Crippen LogP contribution in [0.4, 0.5) is 0 Å². The van der Waals surface area contributed by atoms with Gasteiger partial charge in [-0.2, -0.15) is 0 Å². The van der Waals surface area contributed by atoms with Crippen LogP contribution in [0.25, 0.3) is 22.5 Å². The van der Waals surface area contributed by atoms with Crippen LogP contribution in [0.15, 0.2) is 54.9 Å². The third-order valence-corrected chi connectivity index (χ3v) is 6.24. The summed E-state index contributed by atoms with van der Waals surface area (Å²) in [5.74, 6) is -0.381. The van der Waals surface area contributed by atoms with E-state index in [1.54, 1.807) is 4.90 Å². The van der Waals surface area contributed by atoms with E-state index in [2.05, 4.69) is 35.9 Å². The molecule has 7 nitrogen and oxygen atoms in total. The van der Waals surface area contributed by atoms with Crippen molar-refractivity contribution in [2.24, 2.45) is 5.92 Å². The Morgan fingerprint density at radius 3 is 2.58 bits per heavy atom. The van der Waals surface area contributed by atoms with Crippen LogP contribution >= 0.6 is 0 Å². The number of benzene rings is 2. The molecule has 3 aromatic rings. The highest BCUT2D eigenvalue weighted by Crippen LogP contribution is 2.35. The first-order chi connectivity index (χ1) is 15.9. The minimum absolute atomic E-state index is 0.167. The lowest BCUT2D eigenvalue weighted by Crippen LogP contribution is -2.52. The molecule has 0 aliphatic carbocycles. The van der Waals surface area contributed by atoms with Gasteiger partial charge in [-0.1, -0.05) is 50.2 Å². The highest BCUT2D eigenvalue weighted by Gasteiger charge is 2.39. The number of nitrogens with one attached hydrogen (secondary N) is 1. The predicted octanol–water partition coefficient (Wildman–Crippen LogP) is 3.63. The number of carbonyl (C=O) groups excluding carboxylic acids is 3. The Morgan fingerprint density at radius 2 is 1.85 bits per heavy atom. The first kappa shape index (κ1) is 21.1. The monoisotopic (exact) mass is 442 g/mol. The third-order valence-electron chi connectivity index (χ3n) is 6.24. The molecule has 1 fully saturated rings. The summed E-state index contributed by atoms with van der Waals surface area (Å²) < 4.78 is 2.18. The minimum atomic E-state index is -0.615. The van der Waals surface area contributed by atoms with E-state index in [1.165, 1.54) is 0 Å². The Kier molecular flexibility index (Phi) is 5.32. The number of nitrogens with zero attached hydrogens (tertiary/aromatic N) is 3. The van der Waals surface area contributed by atoms with Gasteiger partial charge in [-0.05, 0) is 30.0 Å². The van der Waals surface area contributed by atoms with Gasteiger partial charge < -0.3 is 9.47 Å². The molecule has 3 heterocycles. The second-order valence-electron chi connectivity index (χ2n) is 9.13. The fourth-order valence-electron chi connectivity index (χ4n) is 4.75. The standard InChI is InChI=1S/C26H26N4O3/c1-16(2)13-29-15-27-23(24(29)17-6-4-3-5-7-17)18-8-9-20-19(12-18)14-30(26(20)33)21-10-11-22(31)28-25(21)32/h3-9,12,15-16,21H,10-11,13-14H2,1-2H3,(H,28,31,32). The Morgan fingerprint density at radius 1 is 1.06 bits per heavy atom. The van der Waals surface area contributed by atoms with E-state index < -0.39 is 11.9 Å². The number of hydrogen-bond donors (Lipinski definition) is 1. The molecule has 5 rings (SSSR count). The van der Waals surface area contributed by atoms with E-state index in [-0.39, 0.29) is 18.2 Å². The van der Waals surface area contributed by atoms with Crippen molar-refractivity contribution >= 4 is 17.7 Å². The van der Waals surface area contributed by atoms with E-state index in [4.69, 9.17) is 4.98 Å². The number of fused-ring (bicyclic) bond motifs is 1. The fraction of sp³-hybridized carbons (Fsp3) is 0.308. The highest BCUT2D eigenvalue weighted by molar-refractivity contribution is 6.05. The molecule has 2 aliphatic rings. The lowest BCUT2D eigenvalue weighted by Gasteiger charge is -2.29. The van der Waals surface area contributed by atoms with Crippen LogP contribution in [0.3, 0.4) is 0 Å². The molecule has 1 aromatic heterocycles. The van der Waals surface area contributed by atoms with Gasteiger partial charge in [0.1, 0.15) is 6.04 Å². The molecule has 0 radical (unpaired) electrons. The van der Waals surface area contributed by atoms with Crippen LogP contribution in [-0.4, -0.2) is 38.2 Å². The van der Waals surface area contributed by atoms with Crippen molar-refractivity contribution in [2.45, 2.75) is 45.8 Å². The molecular formula is C26H26N4O3. The molecule has 1 saturated heterocycles. The summed E-state index contributed by atoms with van der Waals surface area (Å²) in [4.78, 5) is 43.2. The number of imidazole rings is 1. The summed E-state index contributed by atoms with van der Waals surface area (Å²) in [5, 5.41) is 2.35. The average molecular weight is 443 g/mol. The zero-order valence-corrected chi connectivity index (χ0v) is 18.7. The summed E-state index contributed by atoms with van der Waals surface area (Å²) in [7, 11) is 0. The lowest BCUT2D eigenvalue weighted by atomic mass is 10.0. The van der Waals surface area contributed by atoms with Crippen molar-refractivity contribution in [3.05, 3.63) is 66.0 Å². The second-order valence-corrected chi connectivity index (χ2v) is 9.13. The number of hydrogen-bond acceptors (Lipinski definition) is 4. The maximum absolute atomic E-state index is 13.0. The Labute approximate surface area is 192 Å². The van der Waals surface area contributed by atoms with Crippen LogP contribution in [-0.2, 0) is 22.7 Å². The first-order valence-corrected chi connectivity index (χ1v) is 11.3. The SMILES string of the molecule is CC(C)Cn1cnc(-c2ccc3c(c2)CN(C2CCC(=O)NC2=O)C3=O)c1-c1ccccc1. The maximum Gasteiger partial charge on any atom is 0.255 e. The molecule has 33 heavy (non-hydrogen) atoms. The van der Waals surface area contributed by atoms with Crippen LogP contribution in [0.2, 0.25) is 0 Å². The number of imide groups is 1. The summed E-state index contributed by atoms with van der Waals surface area (Å²) >= 11 is 0. The van der Waals surface area contributed by atoms with Crippen molar-refractivity contribution in [2.75, 3.05) is 0 Å². The molecule has 0 spiro atoms. The molecule has 2 aliphatic heterocycles. The lowest BCUT2D eigenvalue weighted by molar-refractivity contribution is -0.136. The predicted molar refractivity (Wildman–Crippen MR) is 124 cm³/mol. The second kappa shape index (κ2) is 8.31. The van der Waals surface area contributed by atoms with Crippen LogP contribution in [0.5, 0.6) is 0 Å². The van der Waals surface area contributed by atoms with Gasteiger partial charge in [-0.25, -0.2) is 4.98 Å². The molecule has 1 N–H and O–H groups in total. The smallest absolute Gasteiger partial charge is 0.255 e. The number of aromatic nitrogens is 2. The zero-order chi connectivity index (χ0) is 23.1. The van der Waals surface area contributed by atoms with Crippen molar-refractivity contribution in [3.63, 3.8) is 0 Å². The molecule has 1 atom stereocenters. The van der Waals surface area contributed by atoms with Gasteiger partial charge >= 0.3 is 0 Å². The fourth-order valence-corrected chi connectivity index (χ4v) is 4.75. The molecule has 1 unspecified atom stereocenters. The highest BCUT2D eigenvalue weighted by atomic mass is 16.2. The van der Waals surface area contributed by atoms with Gasteiger partial charge in [-0.15, -0.1) is 0 Å². The van der Waals surface area contributed by atoms with E-state index in [0.29, 0.717) is 24.4 Å². The summed E-state index contributed by atoms with van der Waals surface area (Å²) in [6.07, 6.45) is 2.48. The van der Waals surface area contributed by atoms with Gasteiger partial charge in [0, 0.05) is 36.2 Å². The number of carbonyl (C=O) groups is 3. The van der Waals surface area contributed by atoms with Gasteiger partial charge in [0.25, 0.3) is 5.91 Å². The Balaban J connectivity index is 1.51. The van der Waals surface area contributed by atoms with Gasteiger partial charge in [0.05, 0.1) is 17.7 Å². The first-order valence-electron chi connectivity index (χ1n) is 11.3. The summed E-state index contributed by atoms with van der Waals surface area (Å²) in [5.41, 5.74) is 5.43. The van der Waals surface area contributed by atoms with Crippen LogP contribution in [0.1, 0.15) is 42.6 Å². The average Bonchev–Trinajstić information content (AvgIpc) is 3.35. The summed E-state index contributed by atoms with van der Waals surface area (Å²) in [6.45, 7) is 5.56. The van der Waals surface area contributed by atoms with E-state index in [9.17, 15) is 14.4 Å². The number of amides is 3. The zero-order valence-electron chi connectivity index (χ0n) is 18.7. The van der Waals surface area contributed by atoms with Crippen molar-refractivity contribution in [1.82, 2.24) is 19.8 Å². The third kappa shape index (κ3) is 3.84. The van der Waals surface area contributed by atoms with Gasteiger partial charge in [0.15, 0.2) is 0 Å². The largest absolute Gasteiger partial charge is 0.330 e. The van der Waals surface area contributed by atoms with Crippen molar-refractivity contribution in [1.29, 1.82) is 0 Å². The molecule has 168 valence electrons. The normalized spacial score (nSPS) is 18.1. The molecule has 3 amide bonds. The molecule has 0 saturated carbocycles. The minimum Gasteiger partial charge on any atom is -0.330 e. The molecule has 7 heteroatoms. The summed E-state index contributed by atoms with van der Waals surface area (Å²) in [6, 6.07) is 15.4. The molecular weight excluding hydrogens is 416 g/mol. The van der Waals surface area contributed by atoms with Gasteiger partial charge in [0.2, 0.25) is 11.8 Å².